The predicted octanol–water partition coefficient (Wildman–Crippen LogP) is 5.78. The van der Waals surface area contributed by atoms with Crippen LogP contribution in [0.15, 0.2) is 121 Å². The highest BCUT2D eigenvalue weighted by molar-refractivity contribution is 5.96. The van der Waals surface area contributed by atoms with Gasteiger partial charge < -0.3 is 15.1 Å². The Morgan fingerprint density at radius 2 is 1.31 bits per heavy atom. The molecule has 2 aliphatic heterocycles. The van der Waals surface area contributed by atoms with Gasteiger partial charge in [-0.15, -0.1) is 0 Å². The third-order valence-corrected chi connectivity index (χ3v) is 8.49. The molecule has 0 unspecified atom stereocenters. The lowest BCUT2D eigenvalue weighted by atomic mass is 9.85. The molecular formula is C35H31N5O2. The van der Waals surface area contributed by atoms with E-state index in [0.29, 0.717) is 38.2 Å². The van der Waals surface area contributed by atoms with E-state index in [1.165, 1.54) is 0 Å². The number of para-hydroxylation sites is 1. The van der Waals surface area contributed by atoms with Crippen LogP contribution in [0.5, 0.6) is 0 Å². The number of anilines is 1. The molecule has 0 saturated carbocycles. The Kier molecular flexibility index (Phi) is 6.55. The van der Waals surface area contributed by atoms with Crippen LogP contribution in [-0.4, -0.2) is 51.8 Å². The second kappa shape index (κ2) is 10.7. The second-order valence-electron chi connectivity index (χ2n) is 10.9. The molecule has 208 valence electrons. The number of likely N-dealkylation sites (tertiary alicyclic amines) is 1. The molecule has 0 aliphatic carbocycles. The van der Waals surface area contributed by atoms with Gasteiger partial charge in [0.25, 0.3) is 5.91 Å². The average molecular weight is 554 g/mol. The van der Waals surface area contributed by atoms with Gasteiger partial charge in [0.1, 0.15) is 5.54 Å². The number of carbonyl (C=O) groups is 2. The van der Waals surface area contributed by atoms with E-state index >= 15 is 0 Å². The first-order chi connectivity index (χ1) is 20.6. The Morgan fingerprint density at radius 1 is 0.714 bits per heavy atom. The number of rotatable bonds is 5. The molecule has 42 heavy (non-hydrogen) atoms. The van der Waals surface area contributed by atoms with E-state index in [-0.39, 0.29) is 11.8 Å². The summed E-state index contributed by atoms with van der Waals surface area (Å²) in [6.07, 6.45) is 1.18. The number of carbonyl (C=O) groups excluding carboxylic acids is 2. The van der Waals surface area contributed by atoms with E-state index in [1.54, 1.807) is 0 Å². The van der Waals surface area contributed by atoms with Gasteiger partial charge in [0.15, 0.2) is 0 Å². The minimum atomic E-state index is -0.619. The molecule has 7 rings (SSSR count). The van der Waals surface area contributed by atoms with Gasteiger partial charge in [0, 0.05) is 35.5 Å². The van der Waals surface area contributed by atoms with Crippen LogP contribution in [0.2, 0.25) is 0 Å². The number of nitrogens with one attached hydrogen (secondary N) is 1. The molecule has 7 heteroatoms. The Labute approximate surface area is 245 Å². The fraction of sp³-hybridized carbons (Fsp3) is 0.171. The van der Waals surface area contributed by atoms with Crippen molar-refractivity contribution in [3.05, 3.63) is 127 Å². The van der Waals surface area contributed by atoms with Crippen molar-refractivity contribution >= 4 is 17.5 Å². The van der Waals surface area contributed by atoms with E-state index in [9.17, 15) is 9.59 Å². The standard InChI is InChI=1S/C35H31N5O2/c41-33(38-22-20-35(21-23-38)34(42)36-25-39(35)29-14-8-3-9-15-29)28-16-18-30(19-17-28)40-32(27-12-6-2-7-13-27)24-31(37-40)26-10-4-1-5-11-26/h1-19,24H,20-23,25H2,(H,36,42). The molecule has 2 fully saturated rings. The van der Waals surface area contributed by atoms with E-state index in [1.807, 2.05) is 101 Å². The lowest BCUT2D eigenvalue weighted by Crippen LogP contribution is -2.57. The third kappa shape index (κ3) is 4.53. The molecule has 2 saturated heterocycles. The lowest BCUT2D eigenvalue weighted by molar-refractivity contribution is -0.124. The van der Waals surface area contributed by atoms with Crippen molar-refractivity contribution in [3.8, 4) is 28.2 Å². The van der Waals surface area contributed by atoms with Gasteiger partial charge in [-0.05, 0) is 55.3 Å². The van der Waals surface area contributed by atoms with Crippen molar-refractivity contribution in [2.75, 3.05) is 24.7 Å². The molecule has 5 aromatic rings. The number of piperidine rings is 1. The SMILES string of the molecule is O=C(c1ccc(-n2nc(-c3ccccc3)cc2-c2ccccc2)cc1)N1CCC2(CC1)C(=O)NCN2c1ccccc1. The minimum Gasteiger partial charge on any atom is -0.339 e. The smallest absolute Gasteiger partial charge is 0.253 e. The summed E-state index contributed by atoms with van der Waals surface area (Å²) >= 11 is 0. The van der Waals surface area contributed by atoms with E-state index in [4.69, 9.17) is 5.10 Å². The first-order valence-electron chi connectivity index (χ1n) is 14.3. The van der Waals surface area contributed by atoms with Crippen LogP contribution in [0.4, 0.5) is 5.69 Å². The number of aromatic nitrogens is 2. The zero-order valence-electron chi connectivity index (χ0n) is 23.2. The van der Waals surface area contributed by atoms with Crippen LogP contribution in [-0.2, 0) is 4.79 Å². The zero-order valence-corrected chi connectivity index (χ0v) is 23.2. The highest BCUT2D eigenvalue weighted by Gasteiger charge is 2.50. The Hall–Kier alpha value is -5.17. The minimum absolute atomic E-state index is 0.0187. The van der Waals surface area contributed by atoms with E-state index < -0.39 is 5.54 Å². The van der Waals surface area contributed by atoms with Gasteiger partial charge in [-0.1, -0.05) is 78.9 Å². The molecule has 2 aliphatic rings. The maximum Gasteiger partial charge on any atom is 0.253 e. The molecule has 1 spiro atoms. The topological polar surface area (TPSA) is 70.5 Å². The highest BCUT2D eigenvalue weighted by atomic mass is 16.2. The van der Waals surface area contributed by atoms with Crippen molar-refractivity contribution in [1.82, 2.24) is 20.0 Å². The van der Waals surface area contributed by atoms with Gasteiger partial charge in [-0.3, -0.25) is 9.59 Å². The van der Waals surface area contributed by atoms with Crippen LogP contribution >= 0.6 is 0 Å². The van der Waals surface area contributed by atoms with Crippen molar-refractivity contribution in [3.63, 3.8) is 0 Å². The van der Waals surface area contributed by atoms with Crippen molar-refractivity contribution < 1.29 is 9.59 Å². The molecule has 0 radical (unpaired) electrons. The van der Waals surface area contributed by atoms with Gasteiger partial charge in [-0.2, -0.15) is 5.10 Å². The average Bonchev–Trinajstić information content (AvgIpc) is 3.64. The summed E-state index contributed by atoms with van der Waals surface area (Å²) in [7, 11) is 0. The van der Waals surface area contributed by atoms with Gasteiger partial charge in [0.2, 0.25) is 5.91 Å². The summed E-state index contributed by atoms with van der Waals surface area (Å²) in [6.45, 7) is 1.53. The third-order valence-electron chi connectivity index (χ3n) is 8.49. The summed E-state index contributed by atoms with van der Waals surface area (Å²) in [6, 6.07) is 40.1. The zero-order chi connectivity index (χ0) is 28.5. The number of hydrogen-bond donors (Lipinski definition) is 1. The summed E-state index contributed by atoms with van der Waals surface area (Å²) in [4.78, 5) is 30.6. The number of amides is 2. The van der Waals surface area contributed by atoms with Gasteiger partial charge in [-0.25, -0.2) is 4.68 Å². The quantitative estimate of drug-likeness (QED) is 0.300. The molecule has 7 nitrogen and oxygen atoms in total. The molecule has 3 heterocycles. The predicted molar refractivity (Wildman–Crippen MR) is 164 cm³/mol. The van der Waals surface area contributed by atoms with E-state index in [0.717, 1.165) is 33.9 Å². The van der Waals surface area contributed by atoms with Crippen LogP contribution in [0.1, 0.15) is 23.2 Å². The molecule has 1 N–H and O–H groups in total. The summed E-state index contributed by atoms with van der Waals surface area (Å²) in [5, 5.41) is 7.98. The number of nitrogens with zero attached hydrogens (tertiary/aromatic N) is 4. The molecular weight excluding hydrogens is 522 g/mol. The molecule has 0 atom stereocenters. The summed E-state index contributed by atoms with van der Waals surface area (Å²) in [5.41, 5.74) is 5.89. The lowest BCUT2D eigenvalue weighted by Gasteiger charge is -2.43. The van der Waals surface area contributed by atoms with Crippen molar-refractivity contribution in [2.24, 2.45) is 0 Å². The van der Waals surface area contributed by atoms with E-state index in [2.05, 4.69) is 40.5 Å². The first kappa shape index (κ1) is 25.8. The first-order valence-corrected chi connectivity index (χ1v) is 14.3. The number of hydrogen-bond acceptors (Lipinski definition) is 4. The van der Waals surface area contributed by atoms with Gasteiger partial charge >= 0.3 is 0 Å². The maximum atomic E-state index is 13.6. The van der Waals surface area contributed by atoms with Gasteiger partial charge in [0.05, 0.1) is 23.7 Å². The monoisotopic (exact) mass is 553 g/mol. The molecule has 1 aromatic heterocycles. The van der Waals surface area contributed by atoms with Crippen molar-refractivity contribution in [2.45, 2.75) is 18.4 Å². The van der Waals surface area contributed by atoms with Crippen LogP contribution < -0.4 is 10.2 Å². The summed E-state index contributed by atoms with van der Waals surface area (Å²) < 4.78 is 1.94. The van der Waals surface area contributed by atoms with Crippen LogP contribution in [0.3, 0.4) is 0 Å². The maximum absolute atomic E-state index is 13.6. The largest absolute Gasteiger partial charge is 0.339 e. The van der Waals surface area contributed by atoms with Crippen LogP contribution in [0.25, 0.3) is 28.2 Å². The van der Waals surface area contributed by atoms with Crippen molar-refractivity contribution in [1.29, 1.82) is 0 Å². The second-order valence-corrected chi connectivity index (χ2v) is 10.9. The molecule has 0 bridgehead atoms. The molecule has 4 aromatic carbocycles. The highest BCUT2D eigenvalue weighted by Crippen LogP contribution is 2.36. The fourth-order valence-electron chi connectivity index (χ4n) is 6.18. The normalized spacial score (nSPS) is 16.0. The Bertz CT molecular complexity index is 1710. The Balaban J connectivity index is 1.11. The number of benzene rings is 4. The summed E-state index contributed by atoms with van der Waals surface area (Å²) in [5.74, 6) is 0.0286. The molecule has 2 amide bonds. The fourth-order valence-corrected chi connectivity index (χ4v) is 6.18. The Morgan fingerprint density at radius 3 is 1.95 bits per heavy atom. The van der Waals surface area contributed by atoms with Crippen LogP contribution in [0, 0.1) is 0 Å².